The highest BCUT2D eigenvalue weighted by atomic mass is 14.9. The third-order valence-electron chi connectivity index (χ3n) is 12.7. The summed E-state index contributed by atoms with van der Waals surface area (Å²) >= 11 is 0. The molecule has 3 heteroatoms. The number of aliphatic imine (C=N–C) groups is 1. The average molecular weight is 724 g/mol. The maximum absolute atomic E-state index is 5.83. The summed E-state index contributed by atoms with van der Waals surface area (Å²) in [5.74, 6) is 1.37. The van der Waals surface area contributed by atoms with Crippen LogP contribution in [0.4, 0.5) is 0 Å². The van der Waals surface area contributed by atoms with Crippen LogP contribution in [0.25, 0.3) is 39.2 Å². The molecule has 6 aromatic carbocycles. The number of fused-ring (bicyclic) bond motifs is 10. The molecule has 2 atom stereocenters. The van der Waals surface area contributed by atoms with Crippen molar-refractivity contribution in [3.05, 3.63) is 208 Å². The van der Waals surface area contributed by atoms with Gasteiger partial charge in [-0.15, -0.1) is 0 Å². The first-order valence-electron chi connectivity index (χ1n) is 20.2. The maximum Gasteiger partial charge on any atom is 0.126 e. The van der Waals surface area contributed by atoms with E-state index in [2.05, 4.69) is 170 Å². The molecule has 1 aliphatic heterocycles. The molecule has 0 amide bonds. The third kappa shape index (κ3) is 5.28. The Hall–Kier alpha value is -6.19. The van der Waals surface area contributed by atoms with Crippen molar-refractivity contribution < 1.29 is 0 Å². The van der Waals surface area contributed by atoms with E-state index in [1.54, 1.807) is 0 Å². The molecule has 0 radical (unpaired) electrons. The molecule has 0 saturated heterocycles. The summed E-state index contributed by atoms with van der Waals surface area (Å²) in [6.07, 6.45) is 3.01. The van der Waals surface area contributed by atoms with Crippen molar-refractivity contribution in [3.8, 4) is 33.5 Å². The smallest absolute Gasteiger partial charge is 0.126 e. The molecule has 0 saturated carbocycles. The van der Waals surface area contributed by atoms with Gasteiger partial charge in [-0.2, -0.15) is 0 Å². The van der Waals surface area contributed by atoms with Gasteiger partial charge in [0.15, 0.2) is 0 Å². The second-order valence-corrected chi connectivity index (χ2v) is 15.9. The van der Waals surface area contributed by atoms with E-state index in [-0.39, 0.29) is 11.3 Å². The van der Waals surface area contributed by atoms with Crippen LogP contribution in [0, 0.1) is 19.8 Å². The molecule has 0 N–H and O–H groups in total. The van der Waals surface area contributed by atoms with E-state index in [0.29, 0.717) is 5.92 Å². The molecule has 1 aromatic heterocycles. The van der Waals surface area contributed by atoms with Gasteiger partial charge in [0.2, 0.25) is 0 Å². The van der Waals surface area contributed by atoms with Gasteiger partial charge in [-0.25, -0.2) is 9.97 Å². The van der Waals surface area contributed by atoms with Crippen molar-refractivity contribution >= 4 is 11.4 Å². The Morgan fingerprint density at radius 3 is 1.73 bits per heavy atom. The van der Waals surface area contributed by atoms with E-state index in [1.807, 2.05) is 13.8 Å². The summed E-state index contributed by atoms with van der Waals surface area (Å²) in [6, 6.07) is 56.5. The number of aryl methyl sites for hydroxylation is 2. The molecule has 3 nitrogen and oxygen atoms in total. The van der Waals surface area contributed by atoms with Gasteiger partial charge in [-0.1, -0.05) is 146 Å². The summed E-state index contributed by atoms with van der Waals surface area (Å²) in [5.41, 5.74) is 20.8. The van der Waals surface area contributed by atoms with Crippen LogP contribution in [0.2, 0.25) is 0 Å². The molecule has 272 valence electrons. The number of benzene rings is 6. The van der Waals surface area contributed by atoms with Gasteiger partial charge in [0.05, 0.1) is 22.5 Å². The second kappa shape index (κ2) is 13.5. The van der Waals surface area contributed by atoms with Crippen LogP contribution in [0.3, 0.4) is 0 Å². The minimum atomic E-state index is -0.385. The first-order chi connectivity index (χ1) is 27.4. The van der Waals surface area contributed by atoms with Crippen LogP contribution in [0.15, 0.2) is 162 Å². The van der Waals surface area contributed by atoms with Crippen molar-refractivity contribution in [2.45, 2.75) is 58.3 Å². The monoisotopic (exact) mass is 723 g/mol. The normalized spacial score (nSPS) is 19.0. The summed E-state index contributed by atoms with van der Waals surface area (Å²) in [7, 11) is 0. The van der Waals surface area contributed by atoms with Crippen LogP contribution < -0.4 is 0 Å². The van der Waals surface area contributed by atoms with Crippen molar-refractivity contribution in [1.29, 1.82) is 0 Å². The molecule has 2 heterocycles. The Bertz CT molecular complexity index is 2630. The summed E-state index contributed by atoms with van der Waals surface area (Å²) < 4.78 is 0. The molecule has 7 aromatic rings. The molecular formula is C53H45N3. The summed E-state index contributed by atoms with van der Waals surface area (Å²) in [6.45, 7) is 8.64. The highest BCUT2D eigenvalue weighted by Gasteiger charge is 2.51. The van der Waals surface area contributed by atoms with Gasteiger partial charge in [0.1, 0.15) is 5.82 Å². The molecule has 1 spiro atoms. The summed E-state index contributed by atoms with van der Waals surface area (Å²) in [5, 5.41) is 0. The number of hydrogen-bond donors (Lipinski definition) is 0. The Labute approximate surface area is 330 Å². The van der Waals surface area contributed by atoms with Gasteiger partial charge in [-0.05, 0) is 119 Å². The fourth-order valence-corrected chi connectivity index (χ4v) is 10.3. The van der Waals surface area contributed by atoms with Gasteiger partial charge >= 0.3 is 0 Å². The summed E-state index contributed by atoms with van der Waals surface area (Å²) in [4.78, 5) is 15.1. The highest BCUT2D eigenvalue weighted by Crippen LogP contribution is 2.63. The molecule has 2 unspecified atom stereocenters. The van der Waals surface area contributed by atoms with Gasteiger partial charge in [0, 0.05) is 22.7 Å². The fraction of sp³-hybridized carbons (Fsp3) is 0.189. The molecule has 2 aliphatic carbocycles. The van der Waals surface area contributed by atoms with Crippen molar-refractivity contribution in [2.24, 2.45) is 10.9 Å². The van der Waals surface area contributed by atoms with Gasteiger partial charge in [-0.3, -0.25) is 4.99 Å². The molecule has 0 fully saturated rings. The van der Waals surface area contributed by atoms with Crippen molar-refractivity contribution in [3.63, 3.8) is 0 Å². The number of nitrogens with zero attached hydrogens (tertiary/aromatic N) is 3. The predicted molar refractivity (Wildman–Crippen MR) is 231 cm³/mol. The molecule has 0 bridgehead atoms. The van der Waals surface area contributed by atoms with E-state index in [1.165, 1.54) is 72.5 Å². The number of hydrogen-bond acceptors (Lipinski definition) is 3. The van der Waals surface area contributed by atoms with E-state index in [4.69, 9.17) is 9.98 Å². The van der Waals surface area contributed by atoms with E-state index >= 15 is 0 Å². The lowest BCUT2D eigenvalue weighted by Gasteiger charge is -2.32. The van der Waals surface area contributed by atoms with Gasteiger partial charge in [0.25, 0.3) is 0 Å². The maximum atomic E-state index is 5.83. The van der Waals surface area contributed by atoms with Crippen LogP contribution in [-0.2, 0) is 5.41 Å². The first kappa shape index (κ1) is 34.3. The molecule has 3 aliphatic rings. The van der Waals surface area contributed by atoms with Crippen LogP contribution in [0.5, 0.6) is 0 Å². The number of allylic oxidation sites excluding steroid dienone is 1. The Morgan fingerprint density at radius 2 is 1.12 bits per heavy atom. The Kier molecular flexibility index (Phi) is 8.29. The first-order valence-corrected chi connectivity index (χ1v) is 20.2. The van der Waals surface area contributed by atoms with Gasteiger partial charge < -0.3 is 0 Å². The fourth-order valence-electron chi connectivity index (χ4n) is 10.3. The quantitative estimate of drug-likeness (QED) is 0.177. The van der Waals surface area contributed by atoms with E-state index in [9.17, 15) is 0 Å². The molecule has 10 rings (SSSR count). The Morgan fingerprint density at radius 1 is 0.554 bits per heavy atom. The predicted octanol–water partition coefficient (Wildman–Crippen LogP) is 12.9. The zero-order valence-corrected chi connectivity index (χ0v) is 32.6. The highest BCUT2D eigenvalue weighted by molar-refractivity contribution is 6.06. The third-order valence-corrected chi connectivity index (χ3v) is 12.7. The zero-order valence-electron chi connectivity index (χ0n) is 32.6. The molecular weight excluding hydrogens is 679 g/mol. The van der Waals surface area contributed by atoms with Crippen LogP contribution in [-0.4, -0.2) is 15.7 Å². The van der Waals surface area contributed by atoms with Crippen molar-refractivity contribution in [1.82, 2.24) is 9.97 Å². The SMILES string of the molecule is CCC1C(c2ccccc2)=N/C(c2ccc3c(c2)C2(c4ccccc4-c4ccccc42)c2ccccc2-3)=C(\C)CCC1c1ccc(-c2cc(C)nc(C)n2)cc1. The minimum absolute atomic E-state index is 0.244. The zero-order chi connectivity index (χ0) is 38.0. The Balaban J connectivity index is 1.12. The lowest BCUT2D eigenvalue weighted by Crippen LogP contribution is -2.26. The average Bonchev–Trinajstić information content (AvgIpc) is 3.69. The largest absolute Gasteiger partial charge is 0.252 e. The number of aromatic nitrogens is 2. The lowest BCUT2D eigenvalue weighted by molar-refractivity contribution is 0.486. The van der Waals surface area contributed by atoms with E-state index in [0.717, 1.165) is 47.7 Å². The molecule has 56 heavy (non-hydrogen) atoms. The van der Waals surface area contributed by atoms with Crippen LogP contribution >= 0.6 is 0 Å². The number of rotatable bonds is 5. The van der Waals surface area contributed by atoms with Crippen molar-refractivity contribution in [2.75, 3.05) is 0 Å². The second-order valence-electron chi connectivity index (χ2n) is 15.9. The minimum Gasteiger partial charge on any atom is -0.252 e. The topological polar surface area (TPSA) is 38.1 Å². The van der Waals surface area contributed by atoms with Crippen LogP contribution in [0.1, 0.15) is 89.5 Å². The van der Waals surface area contributed by atoms with E-state index < -0.39 is 0 Å². The standard InChI is InChI=1S/C53H45N3/c1-5-40-41(36-24-26-37(27-25-36)50-31-34(3)54-35(4)55-50)29-23-33(2)51(56-52(40)38-15-7-6-8-16-38)39-28-30-45-44-19-11-14-22-48(44)53(49(45)32-39)46-20-12-9-17-42(46)43-18-10-13-21-47(43)53/h6-22,24-28,30-32,40-41H,5,23,29H2,1-4H3/b51-33+,56-52?. The lowest BCUT2D eigenvalue weighted by atomic mass is 9.70.